The predicted molar refractivity (Wildman–Crippen MR) is 103 cm³/mol. The number of amides is 1. The van der Waals surface area contributed by atoms with Gasteiger partial charge >= 0.3 is 0 Å². The van der Waals surface area contributed by atoms with Gasteiger partial charge in [-0.3, -0.25) is 9.69 Å². The number of likely N-dealkylation sites (tertiary alicyclic amines) is 1. The number of ether oxygens (including phenoxy) is 1. The molecule has 0 aliphatic carbocycles. The standard InChI is InChI=1S/C19H34N6O2/c1-4-27-14-7-18(26)25-8-5-16(6-9-25)19-21-20-17(23(19)3)15-24-12-10-22(2)11-13-24/h16H,4-15H2,1-3H3. The molecule has 0 spiro atoms. The van der Waals surface area contributed by atoms with E-state index in [0.29, 0.717) is 25.6 Å². The Balaban J connectivity index is 1.50. The minimum Gasteiger partial charge on any atom is -0.381 e. The zero-order valence-corrected chi connectivity index (χ0v) is 17.1. The summed E-state index contributed by atoms with van der Waals surface area (Å²) in [5, 5.41) is 8.97. The molecule has 2 aliphatic rings. The van der Waals surface area contributed by atoms with Crippen LogP contribution in [0.3, 0.4) is 0 Å². The van der Waals surface area contributed by atoms with Crippen LogP contribution < -0.4 is 0 Å². The van der Waals surface area contributed by atoms with E-state index in [1.807, 2.05) is 11.8 Å². The van der Waals surface area contributed by atoms with Crippen LogP contribution in [0.2, 0.25) is 0 Å². The average molecular weight is 379 g/mol. The van der Waals surface area contributed by atoms with Gasteiger partial charge in [-0.25, -0.2) is 0 Å². The summed E-state index contributed by atoms with van der Waals surface area (Å²) in [5.41, 5.74) is 0. The molecule has 0 atom stereocenters. The number of aromatic nitrogens is 3. The zero-order valence-electron chi connectivity index (χ0n) is 17.1. The third kappa shape index (κ3) is 5.27. The Morgan fingerprint density at radius 1 is 1.07 bits per heavy atom. The molecule has 0 aromatic carbocycles. The fourth-order valence-corrected chi connectivity index (χ4v) is 3.92. The van der Waals surface area contributed by atoms with Crippen LogP contribution in [0.15, 0.2) is 0 Å². The summed E-state index contributed by atoms with van der Waals surface area (Å²) in [7, 11) is 4.26. The first kappa shape index (κ1) is 20.2. The van der Waals surface area contributed by atoms with Gasteiger partial charge in [0.25, 0.3) is 0 Å². The van der Waals surface area contributed by atoms with Crippen LogP contribution in [-0.2, 0) is 23.1 Å². The molecular formula is C19H34N6O2. The van der Waals surface area contributed by atoms with E-state index in [4.69, 9.17) is 4.74 Å². The molecule has 0 unspecified atom stereocenters. The highest BCUT2D eigenvalue weighted by molar-refractivity contribution is 5.76. The van der Waals surface area contributed by atoms with Crippen molar-refractivity contribution in [2.24, 2.45) is 7.05 Å². The van der Waals surface area contributed by atoms with E-state index in [0.717, 1.165) is 70.3 Å². The molecule has 1 amide bonds. The van der Waals surface area contributed by atoms with Gasteiger partial charge in [-0.15, -0.1) is 10.2 Å². The highest BCUT2D eigenvalue weighted by atomic mass is 16.5. The number of likely N-dealkylation sites (N-methyl/N-ethyl adjacent to an activating group) is 1. The predicted octanol–water partition coefficient (Wildman–Crippen LogP) is 0.695. The first-order valence-electron chi connectivity index (χ1n) is 10.2. The Hall–Kier alpha value is -1.51. The summed E-state index contributed by atoms with van der Waals surface area (Å²) < 4.78 is 7.47. The van der Waals surface area contributed by atoms with Crippen molar-refractivity contribution >= 4 is 5.91 Å². The summed E-state index contributed by atoms with van der Waals surface area (Å²) >= 11 is 0. The summed E-state index contributed by atoms with van der Waals surface area (Å²) in [5.74, 6) is 2.71. The summed E-state index contributed by atoms with van der Waals surface area (Å²) in [6.45, 7) is 10.0. The molecule has 2 aliphatic heterocycles. The van der Waals surface area contributed by atoms with E-state index in [2.05, 4.69) is 38.7 Å². The lowest BCUT2D eigenvalue weighted by atomic mass is 9.95. The molecule has 3 rings (SSSR count). The van der Waals surface area contributed by atoms with Gasteiger partial charge in [0.1, 0.15) is 11.6 Å². The van der Waals surface area contributed by atoms with Gasteiger partial charge in [0.2, 0.25) is 5.91 Å². The number of hydrogen-bond acceptors (Lipinski definition) is 6. The van der Waals surface area contributed by atoms with Gasteiger partial charge in [-0.1, -0.05) is 0 Å². The average Bonchev–Trinajstić information content (AvgIpc) is 3.04. The zero-order chi connectivity index (χ0) is 19.2. The molecule has 0 bridgehead atoms. The van der Waals surface area contributed by atoms with Gasteiger partial charge in [0, 0.05) is 58.8 Å². The first-order chi connectivity index (χ1) is 13.1. The number of carbonyl (C=O) groups excluding carboxylic acids is 1. The molecule has 0 saturated carbocycles. The van der Waals surface area contributed by atoms with E-state index in [1.165, 1.54) is 0 Å². The summed E-state index contributed by atoms with van der Waals surface area (Å²) in [6, 6.07) is 0. The third-order valence-electron chi connectivity index (χ3n) is 5.84. The van der Waals surface area contributed by atoms with Crippen LogP contribution in [0.5, 0.6) is 0 Å². The number of carbonyl (C=O) groups is 1. The summed E-state index contributed by atoms with van der Waals surface area (Å²) in [4.78, 5) is 19.0. The van der Waals surface area contributed by atoms with E-state index < -0.39 is 0 Å². The molecule has 2 fully saturated rings. The minimum absolute atomic E-state index is 0.204. The Kier molecular flexibility index (Phi) is 7.20. The molecule has 1 aromatic heterocycles. The van der Waals surface area contributed by atoms with Gasteiger partial charge < -0.3 is 19.1 Å². The maximum atomic E-state index is 12.2. The lowest BCUT2D eigenvalue weighted by molar-refractivity contribution is -0.133. The van der Waals surface area contributed by atoms with Crippen molar-refractivity contribution < 1.29 is 9.53 Å². The Labute approximate surface area is 162 Å². The van der Waals surface area contributed by atoms with E-state index in [1.54, 1.807) is 0 Å². The summed E-state index contributed by atoms with van der Waals surface area (Å²) in [6.07, 6.45) is 2.40. The van der Waals surface area contributed by atoms with Crippen molar-refractivity contribution in [3.8, 4) is 0 Å². The molecule has 1 aromatic rings. The van der Waals surface area contributed by atoms with Gasteiger partial charge in [0.05, 0.1) is 19.6 Å². The number of piperazine rings is 1. The second kappa shape index (κ2) is 9.61. The topological polar surface area (TPSA) is 66.7 Å². The third-order valence-corrected chi connectivity index (χ3v) is 5.84. The Morgan fingerprint density at radius 2 is 1.78 bits per heavy atom. The SMILES string of the molecule is CCOCCC(=O)N1CCC(c2nnc(CN3CCN(C)CC3)n2C)CC1. The van der Waals surface area contributed by atoms with Crippen molar-refractivity contribution in [1.29, 1.82) is 0 Å². The molecule has 3 heterocycles. The van der Waals surface area contributed by atoms with Crippen molar-refractivity contribution in [3.63, 3.8) is 0 Å². The van der Waals surface area contributed by atoms with Crippen LogP contribution in [0.1, 0.15) is 43.8 Å². The maximum absolute atomic E-state index is 12.2. The number of piperidine rings is 1. The number of rotatable bonds is 7. The molecule has 0 N–H and O–H groups in total. The monoisotopic (exact) mass is 378 g/mol. The van der Waals surface area contributed by atoms with Gasteiger partial charge in [-0.2, -0.15) is 0 Å². The molecule has 152 valence electrons. The number of hydrogen-bond donors (Lipinski definition) is 0. The van der Waals surface area contributed by atoms with Crippen molar-refractivity contribution in [3.05, 3.63) is 11.6 Å². The molecule has 27 heavy (non-hydrogen) atoms. The van der Waals surface area contributed by atoms with Crippen molar-refractivity contribution in [2.75, 3.05) is 59.5 Å². The molecule has 8 heteroatoms. The molecule has 2 saturated heterocycles. The lowest BCUT2D eigenvalue weighted by Crippen LogP contribution is -2.44. The fourth-order valence-electron chi connectivity index (χ4n) is 3.92. The van der Waals surface area contributed by atoms with Crippen LogP contribution in [-0.4, -0.2) is 94.9 Å². The van der Waals surface area contributed by atoms with Gasteiger partial charge in [-0.05, 0) is 26.8 Å². The highest BCUT2D eigenvalue weighted by Gasteiger charge is 2.27. The molecule has 0 radical (unpaired) electrons. The number of nitrogens with zero attached hydrogens (tertiary/aromatic N) is 6. The van der Waals surface area contributed by atoms with Gasteiger partial charge in [0.15, 0.2) is 0 Å². The first-order valence-corrected chi connectivity index (χ1v) is 10.2. The molecular weight excluding hydrogens is 344 g/mol. The van der Waals surface area contributed by atoms with Crippen LogP contribution >= 0.6 is 0 Å². The maximum Gasteiger partial charge on any atom is 0.224 e. The second-order valence-electron chi connectivity index (χ2n) is 7.71. The Morgan fingerprint density at radius 3 is 2.44 bits per heavy atom. The van der Waals surface area contributed by atoms with Crippen molar-refractivity contribution in [2.45, 2.75) is 38.6 Å². The smallest absolute Gasteiger partial charge is 0.224 e. The quantitative estimate of drug-likeness (QED) is 0.651. The normalized spacial score (nSPS) is 20.3. The highest BCUT2D eigenvalue weighted by Crippen LogP contribution is 2.27. The van der Waals surface area contributed by atoms with Crippen LogP contribution in [0.25, 0.3) is 0 Å². The lowest BCUT2D eigenvalue weighted by Gasteiger charge is -2.32. The largest absolute Gasteiger partial charge is 0.381 e. The van der Waals surface area contributed by atoms with Crippen LogP contribution in [0, 0.1) is 0 Å². The molecule has 8 nitrogen and oxygen atoms in total. The van der Waals surface area contributed by atoms with E-state index in [9.17, 15) is 4.79 Å². The van der Waals surface area contributed by atoms with E-state index >= 15 is 0 Å². The fraction of sp³-hybridized carbons (Fsp3) is 0.842. The van der Waals surface area contributed by atoms with Crippen LogP contribution in [0.4, 0.5) is 0 Å². The minimum atomic E-state index is 0.204. The second-order valence-corrected chi connectivity index (χ2v) is 7.71. The Bertz CT molecular complexity index is 603. The van der Waals surface area contributed by atoms with Crippen molar-refractivity contribution in [1.82, 2.24) is 29.5 Å². The van der Waals surface area contributed by atoms with E-state index in [-0.39, 0.29) is 5.91 Å².